The Morgan fingerprint density at radius 2 is 1.72 bits per heavy atom. The molecule has 156 valence electrons. The summed E-state index contributed by atoms with van der Waals surface area (Å²) in [4.78, 5) is 12.4. The largest absolute Gasteiger partial charge is 0.495 e. The fraction of sp³-hybridized carbons (Fsp3) is 0.381. The smallest absolute Gasteiger partial charge is 0.246 e. The maximum atomic E-state index is 13.6. The van der Waals surface area contributed by atoms with Gasteiger partial charge >= 0.3 is 0 Å². The van der Waals surface area contributed by atoms with Crippen LogP contribution < -0.4 is 10.1 Å². The highest BCUT2D eigenvalue weighted by molar-refractivity contribution is 7.89. The SMILES string of the molecule is COc1ccc(F)cc1S(=O)(=O)N1CCC(C(=O)Nc2cc(C)cc(C)c2)CC1. The van der Waals surface area contributed by atoms with Crippen LogP contribution in [0.3, 0.4) is 0 Å². The number of halogens is 1. The number of rotatable bonds is 5. The number of methoxy groups -OCH3 is 1. The number of hydrogen-bond donors (Lipinski definition) is 1. The molecule has 0 aliphatic carbocycles. The zero-order valence-electron chi connectivity index (χ0n) is 16.7. The van der Waals surface area contributed by atoms with E-state index in [0.717, 1.165) is 28.9 Å². The second-order valence-electron chi connectivity index (χ2n) is 7.34. The number of nitrogens with one attached hydrogen (secondary N) is 1. The highest BCUT2D eigenvalue weighted by atomic mass is 32.2. The molecule has 1 heterocycles. The lowest BCUT2D eigenvalue weighted by atomic mass is 9.97. The standard InChI is InChI=1S/C21H25FN2O4S/c1-14-10-15(2)12-18(11-14)23-21(25)16-6-8-24(9-7-16)29(26,27)20-13-17(22)4-5-19(20)28-3/h4-5,10-13,16H,6-9H2,1-3H3,(H,23,25). The van der Waals surface area contributed by atoms with Crippen LogP contribution in [0, 0.1) is 25.6 Å². The maximum absolute atomic E-state index is 13.6. The topological polar surface area (TPSA) is 75.7 Å². The normalized spacial score (nSPS) is 15.9. The first-order valence-corrected chi connectivity index (χ1v) is 10.9. The van der Waals surface area contributed by atoms with E-state index < -0.39 is 15.8 Å². The van der Waals surface area contributed by atoms with Gasteiger partial charge in [0.05, 0.1) is 7.11 Å². The van der Waals surface area contributed by atoms with Gasteiger partial charge in [0.2, 0.25) is 15.9 Å². The van der Waals surface area contributed by atoms with E-state index in [-0.39, 0.29) is 35.6 Å². The summed E-state index contributed by atoms with van der Waals surface area (Å²) in [5.74, 6) is -0.944. The fourth-order valence-electron chi connectivity index (χ4n) is 3.64. The molecule has 1 aliphatic rings. The molecular formula is C21H25FN2O4S. The summed E-state index contributed by atoms with van der Waals surface area (Å²) in [6, 6.07) is 9.25. The lowest BCUT2D eigenvalue weighted by Gasteiger charge is -2.31. The third-order valence-electron chi connectivity index (χ3n) is 5.06. The number of carbonyl (C=O) groups excluding carboxylic acids is 1. The molecule has 0 spiro atoms. The molecular weight excluding hydrogens is 395 g/mol. The molecule has 0 atom stereocenters. The van der Waals surface area contributed by atoms with Crippen molar-refractivity contribution in [3.63, 3.8) is 0 Å². The van der Waals surface area contributed by atoms with E-state index in [0.29, 0.717) is 12.8 Å². The Labute approximate surface area is 170 Å². The molecule has 1 fully saturated rings. The van der Waals surface area contributed by atoms with E-state index in [1.54, 1.807) is 0 Å². The van der Waals surface area contributed by atoms with Crippen molar-refractivity contribution in [2.75, 3.05) is 25.5 Å². The van der Waals surface area contributed by atoms with Crippen molar-refractivity contribution in [1.29, 1.82) is 0 Å². The zero-order valence-corrected chi connectivity index (χ0v) is 17.6. The molecule has 0 aromatic heterocycles. The van der Waals surface area contributed by atoms with Gasteiger partial charge in [-0.05, 0) is 68.1 Å². The van der Waals surface area contributed by atoms with Crippen LogP contribution >= 0.6 is 0 Å². The van der Waals surface area contributed by atoms with Crippen LogP contribution in [0.2, 0.25) is 0 Å². The third kappa shape index (κ3) is 4.76. The second-order valence-corrected chi connectivity index (χ2v) is 9.25. The van der Waals surface area contributed by atoms with Crippen LogP contribution in [-0.4, -0.2) is 38.8 Å². The van der Waals surface area contributed by atoms with Crippen LogP contribution in [0.5, 0.6) is 5.75 Å². The minimum absolute atomic E-state index is 0.0982. The summed E-state index contributed by atoms with van der Waals surface area (Å²) in [6.45, 7) is 4.30. The molecule has 8 heteroatoms. The van der Waals surface area contributed by atoms with Crippen molar-refractivity contribution in [3.8, 4) is 5.75 Å². The monoisotopic (exact) mass is 420 g/mol. The number of sulfonamides is 1. The first-order chi connectivity index (χ1) is 13.7. The summed E-state index contributed by atoms with van der Waals surface area (Å²) in [6.07, 6.45) is 0.793. The van der Waals surface area contributed by atoms with Gasteiger partial charge in [-0.15, -0.1) is 0 Å². The Morgan fingerprint density at radius 3 is 2.31 bits per heavy atom. The molecule has 0 radical (unpaired) electrons. The Morgan fingerprint density at radius 1 is 1.10 bits per heavy atom. The van der Waals surface area contributed by atoms with Crippen molar-refractivity contribution in [2.24, 2.45) is 5.92 Å². The highest BCUT2D eigenvalue weighted by Crippen LogP contribution is 2.30. The molecule has 2 aromatic rings. The van der Waals surface area contributed by atoms with Gasteiger partial charge in [0, 0.05) is 24.7 Å². The van der Waals surface area contributed by atoms with Crippen molar-refractivity contribution in [1.82, 2.24) is 4.31 Å². The van der Waals surface area contributed by atoms with Gasteiger partial charge in [-0.2, -0.15) is 4.31 Å². The second kappa shape index (κ2) is 8.51. The fourth-order valence-corrected chi connectivity index (χ4v) is 5.28. The van der Waals surface area contributed by atoms with E-state index in [9.17, 15) is 17.6 Å². The molecule has 3 rings (SSSR count). The number of hydrogen-bond acceptors (Lipinski definition) is 4. The number of aryl methyl sites for hydroxylation is 2. The van der Waals surface area contributed by atoms with Crippen molar-refractivity contribution >= 4 is 21.6 Å². The lowest BCUT2D eigenvalue weighted by Crippen LogP contribution is -2.41. The quantitative estimate of drug-likeness (QED) is 0.803. The van der Waals surface area contributed by atoms with Crippen molar-refractivity contribution in [3.05, 3.63) is 53.3 Å². The maximum Gasteiger partial charge on any atom is 0.246 e. The van der Waals surface area contributed by atoms with E-state index >= 15 is 0 Å². The number of carbonyl (C=O) groups is 1. The Bertz CT molecular complexity index is 995. The average molecular weight is 421 g/mol. The van der Waals surface area contributed by atoms with Gasteiger partial charge in [-0.3, -0.25) is 4.79 Å². The van der Waals surface area contributed by atoms with Crippen LogP contribution in [0.25, 0.3) is 0 Å². The van der Waals surface area contributed by atoms with Crippen molar-refractivity contribution in [2.45, 2.75) is 31.6 Å². The van der Waals surface area contributed by atoms with Gasteiger partial charge in [0.15, 0.2) is 0 Å². The predicted octanol–water partition coefficient (Wildman–Crippen LogP) is 3.49. The van der Waals surface area contributed by atoms with E-state index in [1.165, 1.54) is 17.5 Å². The molecule has 0 unspecified atom stereocenters. The number of ether oxygens (including phenoxy) is 1. The lowest BCUT2D eigenvalue weighted by molar-refractivity contribution is -0.120. The van der Waals surface area contributed by atoms with Crippen LogP contribution in [0.4, 0.5) is 10.1 Å². The van der Waals surface area contributed by atoms with Gasteiger partial charge in [0.25, 0.3) is 0 Å². The number of amides is 1. The molecule has 1 saturated heterocycles. The van der Waals surface area contributed by atoms with Gasteiger partial charge < -0.3 is 10.1 Å². The first-order valence-electron chi connectivity index (χ1n) is 9.43. The van der Waals surface area contributed by atoms with Gasteiger partial charge in [0.1, 0.15) is 16.5 Å². The van der Waals surface area contributed by atoms with Crippen molar-refractivity contribution < 1.29 is 22.3 Å². The van der Waals surface area contributed by atoms with E-state index in [4.69, 9.17) is 4.74 Å². The van der Waals surface area contributed by atoms with Crippen LogP contribution in [0.1, 0.15) is 24.0 Å². The average Bonchev–Trinajstić information content (AvgIpc) is 2.67. The van der Waals surface area contributed by atoms with E-state index in [2.05, 4.69) is 5.32 Å². The Hall–Kier alpha value is -2.45. The van der Waals surface area contributed by atoms with Gasteiger partial charge in [-0.1, -0.05) is 6.07 Å². The zero-order chi connectivity index (χ0) is 21.2. The predicted molar refractivity (Wildman–Crippen MR) is 109 cm³/mol. The first kappa shape index (κ1) is 21.3. The molecule has 2 aromatic carbocycles. The summed E-state index contributed by atoms with van der Waals surface area (Å²) < 4.78 is 45.9. The molecule has 6 nitrogen and oxygen atoms in total. The molecule has 0 bridgehead atoms. The summed E-state index contributed by atoms with van der Waals surface area (Å²) in [5, 5.41) is 2.93. The third-order valence-corrected chi connectivity index (χ3v) is 6.98. The minimum atomic E-state index is -3.91. The molecule has 0 saturated carbocycles. The molecule has 1 aliphatic heterocycles. The highest BCUT2D eigenvalue weighted by Gasteiger charge is 2.34. The molecule has 29 heavy (non-hydrogen) atoms. The number of piperidine rings is 1. The van der Waals surface area contributed by atoms with E-state index in [1.807, 2.05) is 32.0 Å². The Balaban J connectivity index is 1.68. The summed E-state index contributed by atoms with van der Waals surface area (Å²) in [7, 11) is -2.57. The summed E-state index contributed by atoms with van der Waals surface area (Å²) >= 11 is 0. The van der Waals surface area contributed by atoms with Crippen LogP contribution in [-0.2, 0) is 14.8 Å². The van der Waals surface area contributed by atoms with Crippen LogP contribution in [0.15, 0.2) is 41.3 Å². The number of anilines is 1. The number of nitrogens with zero attached hydrogens (tertiary/aromatic N) is 1. The molecule has 1 N–H and O–H groups in total. The Kier molecular flexibility index (Phi) is 6.24. The summed E-state index contributed by atoms with van der Waals surface area (Å²) in [5.41, 5.74) is 2.86. The van der Waals surface area contributed by atoms with Gasteiger partial charge in [-0.25, -0.2) is 12.8 Å². The number of benzene rings is 2. The minimum Gasteiger partial charge on any atom is -0.495 e. The molecule has 1 amide bonds.